The van der Waals surface area contributed by atoms with E-state index in [0.29, 0.717) is 0 Å². The number of nitrogens with zero attached hydrogens (tertiary/aromatic N) is 5. The summed E-state index contributed by atoms with van der Waals surface area (Å²) in [5.41, 5.74) is 11.3. The first-order chi connectivity index (χ1) is 13.3. The molecule has 11 nitrogen and oxygen atoms in total. The van der Waals surface area contributed by atoms with Crippen molar-refractivity contribution in [3.8, 4) is 12.3 Å². The summed E-state index contributed by atoms with van der Waals surface area (Å²) in [7, 11) is 0. The number of aliphatic imine (C=N–C) groups is 1. The van der Waals surface area contributed by atoms with Gasteiger partial charge in [0.25, 0.3) is 0 Å². The Balaban J connectivity index is 2.30. The molecule has 2 heterocycles. The Bertz CT molecular complexity index is 1140. The largest absolute Gasteiger partial charge is 0.397 e. The number of rotatable bonds is 2. The van der Waals surface area contributed by atoms with Gasteiger partial charge in [-0.25, -0.2) is 9.98 Å². The minimum atomic E-state index is -1.09. The molecular weight excluding hydrogens is 437 g/mol. The van der Waals surface area contributed by atoms with Gasteiger partial charge in [0.2, 0.25) is 11.8 Å². The predicted octanol–water partition coefficient (Wildman–Crippen LogP) is 1.87. The number of hydrogen-bond acceptors (Lipinski definition) is 10. The zero-order valence-corrected chi connectivity index (χ0v) is 15.3. The van der Waals surface area contributed by atoms with Crippen LogP contribution in [-0.2, 0) is 0 Å². The lowest BCUT2D eigenvalue weighted by Gasteiger charge is -2.26. The number of pyridine rings is 1. The van der Waals surface area contributed by atoms with Crippen LogP contribution in [0.15, 0.2) is 21.6 Å². The molecule has 1 aromatic heterocycles. The molecule has 28 heavy (non-hydrogen) atoms. The monoisotopic (exact) mass is 445 g/mol. The van der Waals surface area contributed by atoms with Gasteiger partial charge in [-0.2, -0.15) is 14.9 Å². The Morgan fingerprint density at radius 3 is 2.71 bits per heavy atom. The van der Waals surface area contributed by atoms with Gasteiger partial charge in [-0.3, -0.25) is 15.4 Å². The summed E-state index contributed by atoms with van der Waals surface area (Å²) in [6, 6.07) is 2.73. The van der Waals surface area contributed by atoms with Gasteiger partial charge in [-0.1, -0.05) is 15.9 Å². The molecule has 2 aromatic rings. The van der Waals surface area contributed by atoms with E-state index in [9.17, 15) is 19.8 Å². The van der Waals surface area contributed by atoms with E-state index in [0.717, 1.165) is 12.1 Å². The third-order valence-electron chi connectivity index (χ3n) is 3.91. The zero-order valence-electron chi connectivity index (χ0n) is 13.7. The van der Waals surface area contributed by atoms with Gasteiger partial charge in [-0.05, 0) is 11.6 Å². The number of halogens is 2. The lowest BCUT2D eigenvalue weighted by atomic mass is 9.95. The van der Waals surface area contributed by atoms with Crippen LogP contribution in [-0.4, -0.2) is 15.9 Å². The minimum absolute atomic E-state index is 0.0262. The predicted molar refractivity (Wildman–Crippen MR) is 100 cm³/mol. The van der Waals surface area contributed by atoms with Gasteiger partial charge in [-0.15, -0.1) is 0 Å². The SMILES string of the molecule is N#CNC1=NC(c2cc(F)c([N+](=O)[O-])cc2Br)c2c(nc(N)c(C#N)c2N)N1. The van der Waals surface area contributed by atoms with Crippen LogP contribution in [0.4, 0.5) is 27.4 Å². The molecule has 6 N–H and O–H groups in total. The Labute approximate surface area is 164 Å². The average molecular weight is 446 g/mol. The number of nitrogen functional groups attached to an aromatic ring is 2. The molecular formula is C15H9BrFN9O2. The number of anilines is 3. The molecule has 0 spiro atoms. The maximum atomic E-state index is 14.3. The quantitative estimate of drug-likeness (QED) is 0.231. The number of fused-ring (bicyclic) bond motifs is 1. The van der Waals surface area contributed by atoms with Crippen molar-refractivity contribution in [3.05, 3.63) is 49.2 Å². The van der Waals surface area contributed by atoms with E-state index in [-0.39, 0.29) is 44.4 Å². The van der Waals surface area contributed by atoms with Crippen molar-refractivity contribution in [1.29, 1.82) is 10.5 Å². The highest BCUT2D eigenvalue weighted by Gasteiger charge is 2.32. The fourth-order valence-corrected chi connectivity index (χ4v) is 3.26. The van der Waals surface area contributed by atoms with Crippen LogP contribution in [0, 0.1) is 38.7 Å². The zero-order chi connectivity index (χ0) is 20.6. The van der Waals surface area contributed by atoms with E-state index in [2.05, 4.69) is 36.5 Å². The van der Waals surface area contributed by atoms with Gasteiger partial charge in [0.1, 0.15) is 29.3 Å². The fourth-order valence-electron chi connectivity index (χ4n) is 2.71. The number of nitriles is 2. The smallest absolute Gasteiger partial charge is 0.305 e. The molecule has 13 heteroatoms. The van der Waals surface area contributed by atoms with Crippen LogP contribution in [0.5, 0.6) is 0 Å². The van der Waals surface area contributed by atoms with Crippen molar-refractivity contribution in [1.82, 2.24) is 10.3 Å². The van der Waals surface area contributed by atoms with Crippen molar-refractivity contribution < 1.29 is 9.31 Å². The normalized spacial score (nSPS) is 14.7. The number of benzene rings is 1. The average Bonchev–Trinajstić information content (AvgIpc) is 2.62. The van der Waals surface area contributed by atoms with Gasteiger partial charge in [0.05, 0.1) is 10.6 Å². The molecule has 1 atom stereocenters. The molecule has 0 saturated heterocycles. The summed E-state index contributed by atoms with van der Waals surface area (Å²) in [6.07, 6.45) is 1.68. The molecule has 0 radical (unpaired) electrons. The maximum Gasteiger partial charge on any atom is 0.305 e. The Hall–Kier alpha value is -3.97. The number of nitrogens with one attached hydrogen (secondary N) is 2. The molecule has 1 aliphatic heterocycles. The van der Waals surface area contributed by atoms with E-state index < -0.39 is 22.5 Å². The topological polar surface area (TPSA) is 192 Å². The number of nitro groups is 1. The van der Waals surface area contributed by atoms with Gasteiger partial charge >= 0.3 is 5.69 Å². The van der Waals surface area contributed by atoms with Crippen molar-refractivity contribution in [2.45, 2.75) is 6.04 Å². The third-order valence-corrected chi connectivity index (χ3v) is 4.60. The van der Waals surface area contributed by atoms with Crippen LogP contribution in [0.1, 0.15) is 22.7 Å². The number of nitrogens with two attached hydrogens (primary N) is 2. The maximum absolute atomic E-state index is 14.3. The Kier molecular flexibility index (Phi) is 4.69. The van der Waals surface area contributed by atoms with Crippen molar-refractivity contribution in [2.24, 2.45) is 4.99 Å². The van der Waals surface area contributed by atoms with E-state index in [1.54, 1.807) is 6.19 Å². The highest BCUT2D eigenvalue weighted by atomic mass is 79.9. The molecule has 140 valence electrons. The Morgan fingerprint density at radius 2 is 2.11 bits per heavy atom. The van der Waals surface area contributed by atoms with Gasteiger partial charge < -0.3 is 16.8 Å². The van der Waals surface area contributed by atoms with E-state index in [1.165, 1.54) is 0 Å². The second kappa shape index (κ2) is 6.98. The fraction of sp³-hybridized carbons (Fsp3) is 0.0667. The van der Waals surface area contributed by atoms with E-state index in [1.807, 2.05) is 6.07 Å². The summed E-state index contributed by atoms with van der Waals surface area (Å²) in [6.45, 7) is 0. The molecule has 3 rings (SSSR count). The second-order valence-electron chi connectivity index (χ2n) is 5.48. The summed E-state index contributed by atoms with van der Waals surface area (Å²) >= 11 is 3.17. The highest BCUT2D eigenvalue weighted by Crippen LogP contribution is 2.43. The first-order valence-corrected chi connectivity index (χ1v) is 8.20. The Morgan fingerprint density at radius 1 is 1.39 bits per heavy atom. The molecule has 1 aromatic carbocycles. The molecule has 0 fully saturated rings. The van der Waals surface area contributed by atoms with Crippen molar-refractivity contribution >= 4 is 44.9 Å². The first-order valence-electron chi connectivity index (χ1n) is 7.40. The van der Waals surface area contributed by atoms with Crippen LogP contribution in [0.3, 0.4) is 0 Å². The van der Waals surface area contributed by atoms with Gasteiger partial charge in [0.15, 0.2) is 6.19 Å². The van der Waals surface area contributed by atoms with Crippen LogP contribution in [0.2, 0.25) is 0 Å². The van der Waals surface area contributed by atoms with Crippen LogP contribution < -0.4 is 22.1 Å². The van der Waals surface area contributed by atoms with E-state index >= 15 is 0 Å². The van der Waals surface area contributed by atoms with E-state index in [4.69, 9.17) is 16.7 Å². The first kappa shape index (κ1) is 18.8. The lowest BCUT2D eigenvalue weighted by molar-refractivity contribution is -0.387. The molecule has 0 saturated carbocycles. The van der Waals surface area contributed by atoms with Crippen LogP contribution in [0.25, 0.3) is 0 Å². The number of guanidine groups is 1. The van der Waals surface area contributed by atoms with Gasteiger partial charge in [0, 0.05) is 16.1 Å². The number of aromatic nitrogens is 1. The minimum Gasteiger partial charge on any atom is -0.397 e. The van der Waals surface area contributed by atoms with Crippen molar-refractivity contribution in [3.63, 3.8) is 0 Å². The molecule has 0 amide bonds. The second-order valence-corrected chi connectivity index (χ2v) is 6.34. The summed E-state index contributed by atoms with van der Waals surface area (Å²) in [4.78, 5) is 18.4. The molecule has 1 unspecified atom stereocenters. The van der Waals surface area contributed by atoms with Crippen LogP contribution >= 0.6 is 15.9 Å². The molecule has 1 aliphatic rings. The number of hydrogen-bond donors (Lipinski definition) is 4. The molecule has 0 aliphatic carbocycles. The standard InChI is InChI=1S/C15H9BrFN9O2/c16-7-2-9(26(27)28)8(17)1-5(7)12-10-11(20)6(3-18)13(21)24-14(10)25-15(23-12)22-4-19/h1-2,12H,(H6,20,21,22,23,24,25). The lowest BCUT2D eigenvalue weighted by Crippen LogP contribution is -2.33. The summed E-state index contributed by atoms with van der Waals surface area (Å²) in [5.74, 6) is -1.15. The third kappa shape index (κ3) is 3.00. The highest BCUT2D eigenvalue weighted by molar-refractivity contribution is 9.10. The van der Waals surface area contributed by atoms with Crippen molar-refractivity contribution in [2.75, 3.05) is 16.8 Å². The number of nitro benzene ring substituents is 1. The molecule has 0 bridgehead atoms. The summed E-state index contributed by atoms with van der Waals surface area (Å²) < 4.78 is 14.4. The summed E-state index contributed by atoms with van der Waals surface area (Å²) in [5, 5.41) is 34.1.